The molecule has 0 radical (unpaired) electrons. The zero-order valence-electron chi connectivity index (χ0n) is 22.2. The van der Waals surface area contributed by atoms with Crippen molar-refractivity contribution in [2.75, 3.05) is 19.7 Å². The van der Waals surface area contributed by atoms with Gasteiger partial charge in [0.1, 0.15) is 0 Å². The molecule has 1 aliphatic heterocycles. The van der Waals surface area contributed by atoms with E-state index in [0.717, 1.165) is 70.4 Å². The summed E-state index contributed by atoms with van der Waals surface area (Å²) in [5.74, 6) is 0.388. The van der Waals surface area contributed by atoms with Crippen LogP contribution in [0.1, 0.15) is 125 Å². The van der Waals surface area contributed by atoms with E-state index in [2.05, 4.69) is 34.6 Å². The van der Waals surface area contributed by atoms with Crippen molar-refractivity contribution in [1.29, 1.82) is 0 Å². The number of rotatable bonds is 16. The van der Waals surface area contributed by atoms with Gasteiger partial charge in [-0.1, -0.05) is 73.1 Å². The zero-order valence-corrected chi connectivity index (χ0v) is 22.2. The Kier molecular flexibility index (Phi) is 18.5. The predicted molar refractivity (Wildman–Crippen MR) is 135 cm³/mol. The van der Waals surface area contributed by atoms with E-state index in [0.29, 0.717) is 24.4 Å². The minimum Gasteiger partial charge on any atom is -0.481 e. The summed E-state index contributed by atoms with van der Waals surface area (Å²) in [5.41, 5.74) is 0.495. The van der Waals surface area contributed by atoms with Gasteiger partial charge in [0.25, 0.3) is 0 Å². The number of aliphatic hydroxyl groups excluding tert-OH is 1. The lowest BCUT2D eigenvalue weighted by Gasteiger charge is -2.28. The highest BCUT2D eigenvalue weighted by Gasteiger charge is 2.18. The van der Waals surface area contributed by atoms with Crippen molar-refractivity contribution in [3.8, 4) is 0 Å². The van der Waals surface area contributed by atoms with Crippen LogP contribution < -0.4 is 0 Å². The van der Waals surface area contributed by atoms with E-state index in [1.807, 2.05) is 0 Å². The number of carboxylic acids is 1. The van der Waals surface area contributed by atoms with Crippen LogP contribution in [0.15, 0.2) is 0 Å². The van der Waals surface area contributed by atoms with Gasteiger partial charge >= 0.3 is 11.9 Å². The van der Waals surface area contributed by atoms with Crippen LogP contribution in [0, 0.1) is 17.3 Å². The van der Waals surface area contributed by atoms with Gasteiger partial charge in [-0.2, -0.15) is 0 Å². The van der Waals surface area contributed by atoms with Gasteiger partial charge < -0.3 is 15.1 Å². The number of hydrogen-bond donors (Lipinski definition) is 2. The Labute approximate surface area is 203 Å². The van der Waals surface area contributed by atoms with Gasteiger partial charge in [0, 0.05) is 32.5 Å². The van der Waals surface area contributed by atoms with Gasteiger partial charge in [-0.25, -0.2) is 0 Å². The van der Waals surface area contributed by atoms with Crippen LogP contribution in [0.5, 0.6) is 0 Å². The van der Waals surface area contributed by atoms with Crippen LogP contribution in [0.25, 0.3) is 0 Å². The number of unbranched alkanes of at least 4 members (excludes halogenated alkanes) is 5. The van der Waals surface area contributed by atoms with E-state index in [1.54, 1.807) is 5.06 Å². The maximum absolute atomic E-state index is 11.7. The van der Waals surface area contributed by atoms with Gasteiger partial charge in [-0.3, -0.25) is 9.59 Å². The Morgan fingerprint density at radius 1 is 1.00 bits per heavy atom. The molecule has 0 spiro atoms. The number of carbonyl (C=O) groups excluding carboxylic acids is 1. The monoisotopic (exact) mass is 471 g/mol. The summed E-state index contributed by atoms with van der Waals surface area (Å²) in [6, 6.07) is 0. The van der Waals surface area contributed by atoms with E-state index < -0.39 is 5.97 Å². The fourth-order valence-corrected chi connectivity index (χ4v) is 3.72. The molecule has 1 rings (SSSR count). The predicted octanol–water partition coefficient (Wildman–Crippen LogP) is 6.60. The minimum atomic E-state index is -0.718. The summed E-state index contributed by atoms with van der Waals surface area (Å²) in [6.45, 7) is 13.3. The normalized spacial score (nSPS) is 16.1. The largest absolute Gasteiger partial charge is 0.481 e. The topological polar surface area (TPSA) is 87.1 Å². The first-order valence-electron chi connectivity index (χ1n) is 13.4. The standard InChI is InChI=1S/C16H29NO4.C11H24O/c1-14-10-12-17(13-11-14)21-16(20)9-7-5-3-2-4-6-8-15(18)19;1-5-11(3,4)8-6-7-10(2)9-12/h14H,2-13H2,1H3,(H,18,19);10,12H,5-9H2,1-4H3. The van der Waals surface area contributed by atoms with E-state index in [-0.39, 0.29) is 12.4 Å². The molecule has 1 fully saturated rings. The number of carbonyl (C=O) groups is 2. The van der Waals surface area contributed by atoms with Crippen LogP contribution in [-0.4, -0.2) is 46.9 Å². The molecule has 0 saturated carbocycles. The fraction of sp³-hybridized carbons (Fsp3) is 0.926. The molecule has 0 amide bonds. The van der Waals surface area contributed by atoms with Crippen LogP contribution in [0.4, 0.5) is 0 Å². The van der Waals surface area contributed by atoms with Crippen LogP contribution in [0.3, 0.4) is 0 Å². The fourth-order valence-electron chi connectivity index (χ4n) is 3.72. The third-order valence-electron chi connectivity index (χ3n) is 6.81. The second-order valence-corrected chi connectivity index (χ2v) is 10.8. The average molecular weight is 472 g/mol. The maximum atomic E-state index is 11.7. The number of hydroxylamine groups is 2. The lowest BCUT2D eigenvalue weighted by Crippen LogP contribution is -2.34. The molecule has 1 saturated heterocycles. The molecular formula is C27H53NO5. The third kappa shape index (κ3) is 20.0. The van der Waals surface area contributed by atoms with Gasteiger partial charge in [-0.05, 0) is 55.8 Å². The van der Waals surface area contributed by atoms with Crippen molar-refractivity contribution >= 4 is 11.9 Å². The second kappa shape index (κ2) is 19.2. The Morgan fingerprint density at radius 2 is 1.55 bits per heavy atom. The molecule has 0 aromatic carbocycles. The quantitative estimate of drug-likeness (QED) is 0.246. The molecule has 6 nitrogen and oxygen atoms in total. The number of aliphatic hydroxyl groups is 1. The molecular weight excluding hydrogens is 418 g/mol. The van der Waals surface area contributed by atoms with E-state index in [9.17, 15) is 9.59 Å². The lowest BCUT2D eigenvalue weighted by molar-refractivity contribution is -0.196. The maximum Gasteiger partial charge on any atom is 0.325 e. The van der Waals surface area contributed by atoms with Crippen LogP contribution in [-0.2, 0) is 14.4 Å². The summed E-state index contributed by atoms with van der Waals surface area (Å²) in [5, 5.41) is 19.1. The van der Waals surface area contributed by atoms with Crippen molar-refractivity contribution in [1.82, 2.24) is 5.06 Å². The average Bonchev–Trinajstić information content (AvgIpc) is 2.77. The molecule has 0 bridgehead atoms. The summed E-state index contributed by atoms with van der Waals surface area (Å²) in [7, 11) is 0. The molecule has 1 aliphatic rings. The van der Waals surface area contributed by atoms with Gasteiger partial charge in [0.15, 0.2) is 0 Å². The molecule has 33 heavy (non-hydrogen) atoms. The lowest BCUT2D eigenvalue weighted by atomic mass is 9.84. The molecule has 0 aliphatic carbocycles. The van der Waals surface area contributed by atoms with Crippen molar-refractivity contribution < 1.29 is 24.6 Å². The molecule has 1 unspecified atom stereocenters. The molecule has 196 valence electrons. The summed E-state index contributed by atoms with van der Waals surface area (Å²) in [4.78, 5) is 27.3. The van der Waals surface area contributed by atoms with Crippen molar-refractivity contribution in [2.24, 2.45) is 17.3 Å². The second-order valence-electron chi connectivity index (χ2n) is 10.8. The Balaban J connectivity index is 0.000000728. The van der Waals surface area contributed by atoms with E-state index in [1.165, 1.54) is 25.7 Å². The highest BCUT2D eigenvalue weighted by Crippen LogP contribution is 2.27. The molecule has 1 atom stereocenters. The first-order valence-corrected chi connectivity index (χ1v) is 13.4. The smallest absolute Gasteiger partial charge is 0.325 e. The molecule has 0 aromatic rings. The summed E-state index contributed by atoms with van der Waals surface area (Å²) in [6.07, 6.45) is 13.6. The third-order valence-corrected chi connectivity index (χ3v) is 6.81. The number of piperidine rings is 1. The van der Waals surface area contributed by atoms with Crippen molar-refractivity contribution in [3.63, 3.8) is 0 Å². The first kappa shape index (κ1) is 31.9. The molecule has 1 heterocycles. The summed E-state index contributed by atoms with van der Waals surface area (Å²) >= 11 is 0. The summed E-state index contributed by atoms with van der Waals surface area (Å²) < 4.78 is 0. The molecule has 6 heteroatoms. The number of aliphatic carboxylic acids is 1. The Hall–Kier alpha value is -1.14. The minimum absolute atomic E-state index is 0.115. The molecule has 0 aromatic heterocycles. The van der Waals surface area contributed by atoms with E-state index in [4.69, 9.17) is 15.1 Å². The van der Waals surface area contributed by atoms with Crippen LogP contribution >= 0.6 is 0 Å². The van der Waals surface area contributed by atoms with Gasteiger partial charge in [-0.15, -0.1) is 5.06 Å². The number of hydrogen-bond acceptors (Lipinski definition) is 5. The Bertz CT molecular complexity index is 501. The highest BCUT2D eigenvalue weighted by atomic mass is 16.7. The first-order chi connectivity index (χ1) is 15.6. The number of nitrogens with zero attached hydrogens (tertiary/aromatic N) is 1. The highest BCUT2D eigenvalue weighted by molar-refractivity contribution is 5.68. The SMILES string of the molecule is CC1CCN(OC(=O)CCCCCCCCC(=O)O)CC1.CCC(C)(C)CCCC(C)CO. The Morgan fingerprint density at radius 3 is 2.06 bits per heavy atom. The zero-order chi connectivity index (χ0) is 25.1. The molecule has 2 N–H and O–H groups in total. The van der Waals surface area contributed by atoms with Crippen molar-refractivity contribution in [3.05, 3.63) is 0 Å². The van der Waals surface area contributed by atoms with E-state index >= 15 is 0 Å². The number of carboxylic acid groups (broad SMARTS) is 1. The van der Waals surface area contributed by atoms with Crippen molar-refractivity contribution in [2.45, 2.75) is 125 Å². The van der Waals surface area contributed by atoms with Gasteiger partial charge in [0.2, 0.25) is 0 Å². The van der Waals surface area contributed by atoms with Crippen LogP contribution in [0.2, 0.25) is 0 Å². The van der Waals surface area contributed by atoms with Gasteiger partial charge in [0.05, 0.1) is 0 Å².